The van der Waals surface area contributed by atoms with E-state index >= 15 is 0 Å². The van der Waals surface area contributed by atoms with E-state index in [2.05, 4.69) is 21.0 Å². The van der Waals surface area contributed by atoms with E-state index in [9.17, 15) is 9.90 Å². The maximum Gasteiger partial charge on any atom is 0.339 e. The van der Waals surface area contributed by atoms with Gasteiger partial charge in [-0.05, 0) is 40.9 Å². The molecule has 0 saturated heterocycles. The lowest BCUT2D eigenvalue weighted by atomic mass is 10.2. The molecule has 2 aromatic rings. The average molecular weight is 325 g/mol. The Bertz CT molecular complexity index is 611. The molecule has 0 aromatic carbocycles. The Kier molecular flexibility index (Phi) is 3.18. The van der Waals surface area contributed by atoms with Crippen molar-refractivity contribution in [2.45, 2.75) is 31.7 Å². The number of aromatic carboxylic acids is 1. The molecule has 1 saturated carbocycles. The van der Waals surface area contributed by atoms with Crippen LogP contribution in [0.5, 0.6) is 0 Å². The highest BCUT2D eigenvalue weighted by atomic mass is 79.9. The van der Waals surface area contributed by atoms with E-state index in [0.29, 0.717) is 22.2 Å². The van der Waals surface area contributed by atoms with Crippen LogP contribution in [0.15, 0.2) is 27.4 Å². The van der Waals surface area contributed by atoms with Crippen molar-refractivity contribution < 1.29 is 14.3 Å². The van der Waals surface area contributed by atoms with E-state index in [0.717, 1.165) is 12.8 Å². The average Bonchev–Trinajstić information content (AvgIpc) is 3.07. The zero-order valence-corrected chi connectivity index (χ0v) is 11.8. The molecule has 3 rings (SSSR count). The first-order chi connectivity index (χ1) is 9.15. The van der Waals surface area contributed by atoms with Gasteiger partial charge in [-0.15, -0.1) is 0 Å². The van der Waals surface area contributed by atoms with Crippen molar-refractivity contribution in [3.05, 3.63) is 28.6 Å². The van der Waals surface area contributed by atoms with Gasteiger partial charge in [-0.25, -0.2) is 4.79 Å². The van der Waals surface area contributed by atoms with Crippen molar-refractivity contribution in [3.63, 3.8) is 0 Å². The number of nitrogens with zero attached hydrogens (tertiary/aromatic N) is 2. The van der Waals surface area contributed by atoms with Crippen LogP contribution in [0.25, 0.3) is 11.5 Å². The summed E-state index contributed by atoms with van der Waals surface area (Å²) in [4.78, 5) is 11.3. The van der Waals surface area contributed by atoms with Crippen LogP contribution in [0.1, 0.15) is 42.1 Å². The molecule has 19 heavy (non-hydrogen) atoms. The molecule has 100 valence electrons. The Balaban J connectivity index is 2.04. The molecule has 2 aromatic heterocycles. The molecule has 6 heteroatoms. The van der Waals surface area contributed by atoms with Crippen molar-refractivity contribution >= 4 is 21.9 Å². The number of aromatic nitrogens is 2. The second kappa shape index (κ2) is 4.85. The fraction of sp³-hybridized carbons (Fsp3) is 0.385. The van der Waals surface area contributed by atoms with Gasteiger partial charge in [0.05, 0.1) is 6.04 Å². The lowest BCUT2D eigenvalue weighted by Gasteiger charge is -2.08. The summed E-state index contributed by atoms with van der Waals surface area (Å²) in [5.74, 6) is -0.507. The fourth-order valence-electron chi connectivity index (χ4n) is 2.53. The van der Waals surface area contributed by atoms with Crippen molar-refractivity contribution in [2.24, 2.45) is 0 Å². The molecule has 0 unspecified atom stereocenters. The maximum atomic E-state index is 11.3. The van der Waals surface area contributed by atoms with Crippen LogP contribution in [0.3, 0.4) is 0 Å². The summed E-state index contributed by atoms with van der Waals surface area (Å²) in [5.41, 5.74) is 0.582. The van der Waals surface area contributed by atoms with Gasteiger partial charge in [0.15, 0.2) is 10.4 Å². The Morgan fingerprint density at radius 1 is 1.42 bits per heavy atom. The van der Waals surface area contributed by atoms with Crippen molar-refractivity contribution in [2.75, 3.05) is 0 Å². The van der Waals surface area contributed by atoms with Gasteiger partial charge in [0.1, 0.15) is 11.3 Å². The van der Waals surface area contributed by atoms with Gasteiger partial charge in [-0.1, -0.05) is 12.8 Å². The minimum Gasteiger partial charge on any atom is -0.478 e. The maximum absolute atomic E-state index is 11.3. The Labute approximate surface area is 118 Å². The van der Waals surface area contributed by atoms with Crippen molar-refractivity contribution in [3.8, 4) is 11.5 Å². The Hall–Kier alpha value is -1.56. The third kappa shape index (κ3) is 2.32. The lowest BCUT2D eigenvalue weighted by molar-refractivity contribution is 0.0697. The molecule has 1 N–H and O–H groups in total. The number of carbonyl (C=O) groups is 1. The van der Waals surface area contributed by atoms with Gasteiger partial charge in [-0.2, -0.15) is 5.10 Å². The number of furan rings is 1. The molecule has 0 radical (unpaired) electrons. The number of hydrogen-bond donors (Lipinski definition) is 1. The first kappa shape index (κ1) is 12.5. The van der Waals surface area contributed by atoms with Crippen LogP contribution >= 0.6 is 15.9 Å². The molecule has 0 amide bonds. The molecule has 0 bridgehead atoms. The normalized spacial score (nSPS) is 16.1. The van der Waals surface area contributed by atoms with Crippen molar-refractivity contribution in [1.29, 1.82) is 0 Å². The Morgan fingerprint density at radius 2 is 2.16 bits per heavy atom. The topological polar surface area (TPSA) is 68.3 Å². The largest absolute Gasteiger partial charge is 0.478 e. The van der Waals surface area contributed by atoms with Crippen LogP contribution in [0, 0.1) is 0 Å². The lowest BCUT2D eigenvalue weighted by Crippen LogP contribution is -2.05. The van der Waals surface area contributed by atoms with Gasteiger partial charge < -0.3 is 9.52 Å². The number of halogens is 1. The number of rotatable bonds is 3. The van der Waals surface area contributed by atoms with Gasteiger partial charge in [0, 0.05) is 6.20 Å². The molecular weight excluding hydrogens is 312 g/mol. The zero-order chi connectivity index (χ0) is 13.4. The summed E-state index contributed by atoms with van der Waals surface area (Å²) in [5, 5.41) is 13.7. The second-order valence-electron chi connectivity index (χ2n) is 4.72. The quantitative estimate of drug-likeness (QED) is 0.934. The number of hydrogen-bond acceptors (Lipinski definition) is 3. The third-order valence-corrected chi connectivity index (χ3v) is 3.89. The number of carboxylic acids is 1. The molecule has 1 aliphatic carbocycles. The van der Waals surface area contributed by atoms with E-state index in [1.807, 2.05) is 0 Å². The van der Waals surface area contributed by atoms with Gasteiger partial charge in [0.25, 0.3) is 0 Å². The highest BCUT2D eigenvalue weighted by Gasteiger charge is 2.24. The van der Waals surface area contributed by atoms with E-state index < -0.39 is 5.97 Å². The first-order valence-electron chi connectivity index (χ1n) is 6.23. The van der Waals surface area contributed by atoms with E-state index in [4.69, 9.17) is 4.42 Å². The summed E-state index contributed by atoms with van der Waals surface area (Å²) in [6.45, 7) is 0. The molecule has 1 aliphatic rings. The van der Waals surface area contributed by atoms with Crippen molar-refractivity contribution in [1.82, 2.24) is 9.78 Å². The first-order valence-corrected chi connectivity index (χ1v) is 7.02. The fourth-order valence-corrected chi connectivity index (χ4v) is 2.83. The van der Waals surface area contributed by atoms with Crippen LogP contribution in [-0.2, 0) is 0 Å². The summed E-state index contributed by atoms with van der Waals surface area (Å²) < 4.78 is 7.76. The monoisotopic (exact) mass is 324 g/mol. The molecule has 0 atom stereocenters. The van der Waals surface area contributed by atoms with E-state index in [1.54, 1.807) is 23.0 Å². The highest BCUT2D eigenvalue weighted by Crippen LogP contribution is 2.32. The van der Waals surface area contributed by atoms with Crippen LogP contribution in [-0.4, -0.2) is 20.9 Å². The molecule has 5 nitrogen and oxygen atoms in total. The van der Waals surface area contributed by atoms with Gasteiger partial charge in [0.2, 0.25) is 0 Å². The predicted octanol–water partition coefficient (Wildman–Crippen LogP) is 3.72. The van der Waals surface area contributed by atoms with E-state index in [1.165, 1.54) is 12.8 Å². The SMILES string of the molecule is O=C(O)c1cn(C2CCCC2)nc1-c1ccc(Br)o1. The number of carboxylic acid groups (broad SMARTS) is 1. The summed E-state index contributed by atoms with van der Waals surface area (Å²) >= 11 is 3.22. The zero-order valence-electron chi connectivity index (χ0n) is 10.2. The Morgan fingerprint density at radius 3 is 2.74 bits per heavy atom. The smallest absolute Gasteiger partial charge is 0.339 e. The standard InChI is InChI=1S/C13H13BrN2O3/c14-11-6-5-10(19-11)12-9(13(17)18)7-16(15-12)8-3-1-2-4-8/h5-8H,1-4H2,(H,17,18). The van der Waals surface area contributed by atoms with Crippen LogP contribution in [0.2, 0.25) is 0 Å². The third-order valence-electron chi connectivity index (χ3n) is 3.47. The molecule has 0 spiro atoms. The molecule has 1 fully saturated rings. The highest BCUT2D eigenvalue weighted by molar-refractivity contribution is 9.10. The second-order valence-corrected chi connectivity index (χ2v) is 5.50. The van der Waals surface area contributed by atoms with Gasteiger partial charge >= 0.3 is 5.97 Å². The molecular formula is C13H13BrN2O3. The summed E-state index contributed by atoms with van der Waals surface area (Å²) in [6, 6.07) is 3.76. The summed E-state index contributed by atoms with van der Waals surface area (Å²) in [6.07, 6.45) is 6.08. The van der Waals surface area contributed by atoms with Crippen LogP contribution < -0.4 is 0 Å². The summed E-state index contributed by atoms with van der Waals surface area (Å²) in [7, 11) is 0. The van der Waals surface area contributed by atoms with Gasteiger partial charge in [-0.3, -0.25) is 4.68 Å². The van der Waals surface area contributed by atoms with E-state index in [-0.39, 0.29) is 5.56 Å². The van der Waals surface area contributed by atoms with Crippen LogP contribution in [0.4, 0.5) is 0 Å². The minimum atomic E-state index is -0.980. The molecule has 0 aliphatic heterocycles. The minimum absolute atomic E-state index is 0.189. The molecule has 2 heterocycles. The predicted molar refractivity (Wildman–Crippen MR) is 72.1 cm³/mol.